The minimum absolute atomic E-state index is 0.0123. The van der Waals surface area contributed by atoms with Gasteiger partial charge in [0.15, 0.2) is 0 Å². The van der Waals surface area contributed by atoms with Gasteiger partial charge in [0.1, 0.15) is 0 Å². The summed E-state index contributed by atoms with van der Waals surface area (Å²) in [5.41, 5.74) is 3.46. The van der Waals surface area contributed by atoms with Crippen molar-refractivity contribution in [3.05, 3.63) is 83.8 Å². The summed E-state index contributed by atoms with van der Waals surface area (Å²) < 4.78 is 7.53. The molecule has 0 N–H and O–H groups in total. The van der Waals surface area contributed by atoms with Crippen LogP contribution in [-0.2, 0) is 6.54 Å². The first-order valence-electron chi connectivity index (χ1n) is 10.8. The lowest BCUT2D eigenvalue weighted by Gasteiger charge is -2.16. The maximum Gasteiger partial charge on any atom is 0.257 e. The molecule has 0 aliphatic carbocycles. The summed E-state index contributed by atoms with van der Waals surface area (Å²) in [7, 11) is 0. The molecule has 0 bridgehead atoms. The van der Waals surface area contributed by atoms with E-state index in [-0.39, 0.29) is 17.7 Å². The second-order valence-electron chi connectivity index (χ2n) is 7.99. The third kappa shape index (κ3) is 3.57. The van der Waals surface area contributed by atoms with E-state index in [1.165, 1.54) is 0 Å². The van der Waals surface area contributed by atoms with Crippen molar-refractivity contribution in [3.8, 4) is 11.4 Å². The molecule has 2 atom stereocenters. The molecule has 0 spiro atoms. The summed E-state index contributed by atoms with van der Waals surface area (Å²) in [4.78, 5) is 24.2. The van der Waals surface area contributed by atoms with Gasteiger partial charge < -0.3 is 9.42 Å². The Morgan fingerprint density at radius 3 is 2.62 bits per heavy atom. The number of pyridine rings is 1. The van der Waals surface area contributed by atoms with Gasteiger partial charge in [-0.2, -0.15) is 10.1 Å². The molecule has 4 heterocycles. The molecule has 4 aromatic rings. The van der Waals surface area contributed by atoms with Crippen LogP contribution in [0.3, 0.4) is 0 Å². The van der Waals surface area contributed by atoms with Gasteiger partial charge in [0, 0.05) is 49.2 Å². The molecule has 0 radical (unpaired) electrons. The SMILES string of the molecule is CCn1ncc(C(=O)N2CC(c3cccnc3)C(c3nc(-c4ccccc4)no3)C2)c1C. The van der Waals surface area contributed by atoms with Gasteiger partial charge in [-0.15, -0.1) is 0 Å². The number of aromatic nitrogens is 5. The zero-order chi connectivity index (χ0) is 22.1. The Hall–Kier alpha value is -3.81. The summed E-state index contributed by atoms with van der Waals surface area (Å²) in [6.07, 6.45) is 5.26. The fourth-order valence-electron chi connectivity index (χ4n) is 4.39. The van der Waals surface area contributed by atoms with Gasteiger partial charge in [0.2, 0.25) is 11.7 Å². The Kier molecular flexibility index (Phi) is 5.26. The summed E-state index contributed by atoms with van der Waals surface area (Å²) in [6, 6.07) is 13.7. The van der Waals surface area contributed by atoms with Gasteiger partial charge in [0.05, 0.1) is 17.7 Å². The van der Waals surface area contributed by atoms with Crippen molar-refractivity contribution in [3.63, 3.8) is 0 Å². The van der Waals surface area contributed by atoms with Crippen LogP contribution in [0.25, 0.3) is 11.4 Å². The first-order valence-corrected chi connectivity index (χ1v) is 10.8. The fourth-order valence-corrected chi connectivity index (χ4v) is 4.39. The molecule has 1 saturated heterocycles. The summed E-state index contributed by atoms with van der Waals surface area (Å²) in [6.45, 7) is 5.71. The van der Waals surface area contributed by atoms with Gasteiger partial charge in [-0.25, -0.2) is 0 Å². The molecule has 5 rings (SSSR count). The lowest BCUT2D eigenvalue weighted by Crippen LogP contribution is -2.29. The minimum atomic E-state index is -0.116. The van der Waals surface area contributed by atoms with Crippen molar-refractivity contribution in [1.82, 2.24) is 29.8 Å². The molecule has 1 aromatic carbocycles. The van der Waals surface area contributed by atoms with Gasteiger partial charge in [-0.3, -0.25) is 14.5 Å². The second-order valence-corrected chi connectivity index (χ2v) is 7.99. The third-order valence-corrected chi connectivity index (χ3v) is 6.14. The lowest BCUT2D eigenvalue weighted by atomic mass is 9.90. The molecule has 3 aromatic heterocycles. The number of amides is 1. The minimum Gasteiger partial charge on any atom is -0.339 e. The van der Waals surface area contributed by atoms with Crippen LogP contribution in [0.15, 0.2) is 65.6 Å². The van der Waals surface area contributed by atoms with Crippen molar-refractivity contribution >= 4 is 5.91 Å². The van der Waals surface area contributed by atoms with E-state index in [1.807, 2.05) is 72.1 Å². The van der Waals surface area contributed by atoms with Crippen LogP contribution < -0.4 is 0 Å². The average Bonchev–Trinajstić information content (AvgIpc) is 3.58. The van der Waals surface area contributed by atoms with Crippen LogP contribution >= 0.6 is 0 Å². The topological polar surface area (TPSA) is 89.9 Å². The summed E-state index contributed by atoms with van der Waals surface area (Å²) in [5.74, 6) is 0.957. The van der Waals surface area contributed by atoms with E-state index >= 15 is 0 Å². The molecule has 8 nitrogen and oxygen atoms in total. The Balaban J connectivity index is 1.47. The smallest absolute Gasteiger partial charge is 0.257 e. The van der Waals surface area contributed by atoms with E-state index in [9.17, 15) is 4.79 Å². The molecular weight excluding hydrogens is 404 g/mol. The van der Waals surface area contributed by atoms with Crippen molar-refractivity contribution in [2.75, 3.05) is 13.1 Å². The first-order chi connectivity index (χ1) is 15.7. The van der Waals surface area contributed by atoms with E-state index < -0.39 is 0 Å². The number of hydrogen-bond acceptors (Lipinski definition) is 6. The molecule has 2 unspecified atom stereocenters. The molecule has 32 heavy (non-hydrogen) atoms. The third-order valence-electron chi connectivity index (χ3n) is 6.14. The molecule has 8 heteroatoms. The number of nitrogens with zero attached hydrogens (tertiary/aromatic N) is 6. The Labute approximate surface area is 185 Å². The normalized spacial score (nSPS) is 18.2. The first kappa shape index (κ1) is 20.1. The molecule has 1 aliphatic heterocycles. The van der Waals surface area contributed by atoms with Crippen LogP contribution in [0.2, 0.25) is 0 Å². The van der Waals surface area contributed by atoms with Crippen molar-refractivity contribution < 1.29 is 9.32 Å². The number of carbonyl (C=O) groups is 1. The standard InChI is InChI=1S/C24H24N6O2/c1-3-30-16(2)19(13-26-30)24(31)29-14-20(18-10-7-11-25-12-18)21(15-29)23-27-22(28-32-23)17-8-5-4-6-9-17/h4-13,20-21H,3,14-15H2,1-2H3. The number of aryl methyl sites for hydroxylation is 1. The van der Waals surface area contributed by atoms with E-state index in [1.54, 1.807) is 12.4 Å². The van der Waals surface area contributed by atoms with E-state index in [2.05, 4.69) is 20.2 Å². The zero-order valence-corrected chi connectivity index (χ0v) is 18.0. The molecular formula is C24H24N6O2. The second kappa shape index (κ2) is 8.37. The van der Waals surface area contributed by atoms with Gasteiger partial charge in [0.25, 0.3) is 5.91 Å². The zero-order valence-electron chi connectivity index (χ0n) is 18.0. The number of likely N-dealkylation sites (tertiary alicyclic amines) is 1. The van der Waals surface area contributed by atoms with Gasteiger partial charge >= 0.3 is 0 Å². The predicted octanol–water partition coefficient (Wildman–Crippen LogP) is 3.68. The largest absolute Gasteiger partial charge is 0.339 e. The highest BCUT2D eigenvalue weighted by Gasteiger charge is 2.41. The van der Waals surface area contributed by atoms with Crippen molar-refractivity contribution in [1.29, 1.82) is 0 Å². The fraction of sp³-hybridized carbons (Fsp3) is 0.292. The molecule has 1 fully saturated rings. The predicted molar refractivity (Wildman–Crippen MR) is 118 cm³/mol. The maximum atomic E-state index is 13.4. The monoisotopic (exact) mass is 428 g/mol. The van der Waals surface area contributed by atoms with Crippen molar-refractivity contribution in [2.45, 2.75) is 32.2 Å². The van der Waals surface area contributed by atoms with E-state index in [0.29, 0.717) is 30.4 Å². The quantitative estimate of drug-likeness (QED) is 0.482. The number of rotatable bonds is 5. The summed E-state index contributed by atoms with van der Waals surface area (Å²) >= 11 is 0. The number of benzene rings is 1. The Morgan fingerprint density at radius 2 is 1.91 bits per heavy atom. The molecule has 162 valence electrons. The Morgan fingerprint density at radius 1 is 1.09 bits per heavy atom. The highest BCUT2D eigenvalue weighted by Crippen LogP contribution is 2.40. The van der Waals surface area contributed by atoms with Crippen LogP contribution in [0.5, 0.6) is 0 Å². The molecule has 0 saturated carbocycles. The molecule has 1 amide bonds. The van der Waals surface area contributed by atoms with Crippen LogP contribution in [0, 0.1) is 6.92 Å². The number of hydrogen-bond donors (Lipinski definition) is 0. The average molecular weight is 428 g/mol. The van der Waals surface area contributed by atoms with Crippen molar-refractivity contribution in [2.24, 2.45) is 0 Å². The van der Waals surface area contributed by atoms with Gasteiger partial charge in [-0.05, 0) is 25.5 Å². The lowest BCUT2D eigenvalue weighted by molar-refractivity contribution is 0.0787. The van der Waals surface area contributed by atoms with Crippen LogP contribution in [0.1, 0.15) is 46.3 Å². The van der Waals surface area contributed by atoms with E-state index in [0.717, 1.165) is 23.4 Å². The molecule has 1 aliphatic rings. The highest BCUT2D eigenvalue weighted by atomic mass is 16.5. The van der Waals surface area contributed by atoms with Crippen LogP contribution in [-0.4, -0.2) is 48.8 Å². The maximum absolute atomic E-state index is 13.4. The Bertz CT molecular complexity index is 1220. The number of carbonyl (C=O) groups excluding carboxylic acids is 1. The highest BCUT2D eigenvalue weighted by molar-refractivity contribution is 5.95. The van der Waals surface area contributed by atoms with Gasteiger partial charge in [-0.1, -0.05) is 41.6 Å². The van der Waals surface area contributed by atoms with E-state index in [4.69, 9.17) is 4.52 Å². The summed E-state index contributed by atoms with van der Waals surface area (Å²) in [5, 5.41) is 8.53. The van der Waals surface area contributed by atoms with Crippen LogP contribution in [0.4, 0.5) is 0 Å².